The van der Waals surface area contributed by atoms with E-state index in [2.05, 4.69) is 5.32 Å². The van der Waals surface area contributed by atoms with Gasteiger partial charge in [-0.1, -0.05) is 31.9 Å². The quantitative estimate of drug-likeness (QED) is 0.613. The van der Waals surface area contributed by atoms with E-state index in [0.717, 1.165) is 12.8 Å². The second kappa shape index (κ2) is 10.6. The Hall–Kier alpha value is -1.30. The summed E-state index contributed by atoms with van der Waals surface area (Å²) in [6.45, 7) is 8.80. The fourth-order valence-corrected chi connectivity index (χ4v) is 2.70. The van der Waals surface area contributed by atoms with Crippen LogP contribution >= 0.6 is 11.6 Å². The van der Waals surface area contributed by atoms with Crippen molar-refractivity contribution >= 4 is 23.2 Å². The molecule has 0 unspecified atom stereocenters. The van der Waals surface area contributed by atoms with Crippen LogP contribution in [0.3, 0.4) is 0 Å². The summed E-state index contributed by atoms with van der Waals surface area (Å²) in [5, 5.41) is 3.33. The van der Waals surface area contributed by atoms with Crippen LogP contribution in [0, 0.1) is 0 Å². The van der Waals surface area contributed by atoms with Crippen LogP contribution in [0.1, 0.15) is 47.0 Å². The number of benzene rings is 1. The first-order valence-electron chi connectivity index (χ1n) is 8.76. The topological polar surface area (TPSA) is 56.8 Å². The van der Waals surface area contributed by atoms with Gasteiger partial charge >= 0.3 is 0 Å². The predicted octanol–water partition coefficient (Wildman–Crippen LogP) is 4.68. The monoisotopic (exact) mass is 371 g/mol. The first kappa shape index (κ1) is 21.7. The van der Waals surface area contributed by atoms with Crippen LogP contribution < -0.4 is 10.1 Å². The van der Waals surface area contributed by atoms with Gasteiger partial charge in [0.25, 0.3) is 5.91 Å². The molecule has 0 saturated carbocycles. The normalized spacial score (nSPS) is 14.6. The SMILES string of the molecule is CCCO[C@@](C)(CCC)C(=O)Nc1ccc(O[C@@H](C)COC)c(Cl)c1. The molecule has 1 rings (SSSR count). The van der Waals surface area contributed by atoms with Crippen molar-refractivity contribution in [3.63, 3.8) is 0 Å². The van der Waals surface area contributed by atoms with Gasteiger partial charge in [0.2, 0.25) is 0 Å². The van der Waals surface area contributed by atoms with Crippen molar-refractivity contribution in [3.8, 4) is 5.75 Å². The Labute approximate surface area is 156 Å². The molecule has 0 saturated heterocycles. The number of amides is 1. The molecule has 0 aliphatic rings. The van der Waals surface area contributed by atoms with E-state index in [1.165, 1.54) is 0 Å². The van der Waals surface area contributed by atoms with E-state index in [0.29, 0.717) is 36.1 Å². The molecule has 0 aliphatic heterocycles. The Morgan fingerprint density at radius 1 is 1.32 bits per heavy atom. The molecule has 6 heteroatoms. The zero-order valence-corrected chi connectivity index (χ0v) is 16.6. The van der Waals surface area contributed by atoms with Gasteiger partial charge in [-0.05, 0) is 44.9 Å². The number of hydrogen-bond acceptors (Lipinski definition) is 4. The van der Waals surface area contributed by atoms with Gasteiger partial charge in [0.05, 0.1) is 11.6 Å². The Kier molecular flexibility index (Phi) is 9.25. The van der Waals surface area contributed by atoms with E-state index in [1.807, 2.05) is 27.7 Å². The van der Waals surface area contributed by atoms with Crippen molar-refractivity contribution in [2.75, 3.05) is 25.6 Å². The number of ether oxygens (including phenoxy) is 3. The molecule has 0 fully saturated rings. The molecule has 1 amide bonds. The third kappa shape index (κ3) is 6.84. The lowest BCUT2D eigenvalue weighted by Crippen LogP contribution is -2.43. The number of methoxy groups -OCH3 is 1. The first-order valence-corrected chi connectivity index (χ1v) is 9.14. The molecule has 142 valence electrons. The van der Waals surface area contributed by atoms with E-state index < -0.39 is 5.60 Å². The van der Waals surface area contributed by atoms with Crippen LogP contribution in [0.15, 0.2) is 18.2 Å². The van der Waals surface area contributed by atoms with Crippen LogP contribution in [-0.2, 0) is 14.3 Å². The molecular weight excluding hydrogens is 342 g/mol. The number of halogens is 1. The van der Waals surface area contributed by atoms with Crippen molar-refractivity contribution in [1.29, 1.82) is 0 Å². The number of carbonyl (C=O) groups is 1. The molecule has 0 radical (unpaired) electrons. The molecule has 1 aromatic rings. The minimum absolute atomic E-state index is 0.113. The lowest BCUT2D eigenvalue weighted by molar-refractivity contribution is -0.140. The number of rotatable bonds is 11. The van der Waals surface area contributed by atoms with Crippen molar-refractivity contribution in [3.05, 3.63) is 23.2 Å². The molecular formula is C19H30ClNO4. The van der Waals surface area contributed by atoms with Gasteiger partial charge in [0.15, 0.2) is 0 Å². The maximum absolute atomic E-state index is 12.7. The molecule has 0 spiro atoms. The molecule has 0 aromatic heterocycles. The largest absolute Gasteiger partial charge is 0.487 e. The number of hydrogen-bond donors (Lipinski definition) is 1. The van der Waals surface area contributed by atoms with Crippen LogP contribution in [0.5, 0.6) is 5.75 Å². The fraction of sp³-hybridized carbons (Fsp3) is 0.632. The highest BCUT2D eigenvalue weighted by atomic mass is 35.5. The highest BCUT2D eigenvalue weighted by Crippen LogP contribution is 2.29. The zero-order valence-electron chi connectivity index (χ0n) is 15.9. The molecule has 1 N–H and O–H groups in total. The van der Waals surface area contributed by atoms with E-state index in [1.54, 1.807) is 25.3 Å². The zero-order chi connectivity index (χ0) is 18.9. The number of anilines is 1. The van der Waals surface area contributed by atoms with Crippen LogP contribution in [0.25, 0.3) is 0 Å². The van der Waals surface area contributed by atoms with Crippen LogP contribution in [-0.4, -0.2) is 37.9 Å². The molecule has 0 heterocycles. The summed E-state index contributed by atoms with van der Waals surface area (Å²) in [4.78, 5) is 12.7. The van der Waals surface area contributed by atoms with E-state index in [4.69, 9.17) is 25.8 Å². The summed E-state index contributed by atoms with van der Waals surface area (Å²) in [7, 11) is 1.62. The third-order valence-electron chi connectivity index (χ3n) is 3.75. The minimum Gasteiger partial charge on any atom is -0.487 e. The van der Waals surface area contributed by atoms with Gasteiger partial charge in [0.1, 0.15) is 17.5 Å². The third-order valence-corrected chi connectivity index (χ3v) is 4.05. The Balaban J connectivity index is 2.81. The summed E-state index contributed by atoms with van der Waals surface area (Å²) < 4.78 is 16.6. The molecule has 0 bridgehead atoms. The Morgan fingerprint density at radius 2 is 2.04 bits per heavy atom. The summed E-state index contributed by atoms with van der Waals surface area (Å²) in [5.74, 6) is 0.392. The Morgan fingerprint density at radius 3 is 2.60 bits per heavy atom. The highest BCUT2D eigenvalue weighted by molar-refractivity contribution is 6.32. The van der Waals surface area contributed by atoms with Gasteiger partial charge < -0.3 is 19.5 Å². The maximum atomic E-state index is 12.7. The fourth-order valence-electron chi connectivity index (χ4n) is 2.48. The van der Waals surface area contributed by atoms with Crippen LogP contribution in [0.2, 0.25) is 5.02 Å². The minimum atomic E-state index is -0.848. The van der Waals surface area contributed by atoms with Gasteiger partial charge in [-0.15, -0.1) is 0 Å². The molecule has 5 nitrogen and oxygen atoms in total. The highest BCUT2D eigenvalue weighted by Gasteiger charge is 2.33. The maximum Gasteiger partial charge on any atom is 0.256 e. The second-order valence-electron chi connectivity index (χ2n) is 6.31. The second-order valence-corrected chi connectivity index (χ2v) is 6.72. The standard InChI is InChI=1S/C19H30ClNO4/c1-6-10-19(4,24-11-7-2)18(22)21-15-8-9-17(16(20)12-15)25-14(3)13-23-5/h8-9,12,14H,6-7,10-11,13H2,1-5H3,(H,21,22)/t14-,19-/m0/s1. The van der Waals surface area contributed by atoms with Gasteiger partial charge in [-0.3, -0.25) is 4.79 Å². The number of nitrogens with one attached hydrogen (secondary N) is 1. The summed E-state index contributed by atoms with van der Waals surface area (Å²) in [5.41, 5.74) is -0.233. The summed E-state index contributed by atoms with van der Waals surface area (Å²) in [6.07, 6.45) is 2.27. The smallest absolute Gasteiger partial charge is 0.256 e. The molecule has 25 heavy (non-hydrogen) atoms. The summed E-state index contributed by atoms with van der Waals surface area (Å²) >= 11 is 6.27. The average Bonchev–Trinajstić information content (AvgIpc) is 2.56. The van der Waals surface area contributed by atoms with Gasteiger partial charge in [-0.25, -0.2) is 0 Å². The van der Waals surface area contributed by atoms with E-state index in [-0.39, 0.29) is 12.0 Å². The predicted molar refractivity (Wildman–Crippen MR) is 102 cm³/mol. The van der Waals surface area contributed by atoms with Crippen molar-refractivity contribution in [2.24, 2.45) is 0 Å². The lowest BCUT2D eigenvalue weighted by Gasteiger charge is -2.28. The number of carbonyl (C=O) groups excluding carboxylic acids is 1. The van der Waals surface area contributed by atoms with Crippen LogP contribution in [0.4, 0.5) is 5.69 Å². The van der Waals surface area contributed by atoms with Crippen molar-refractivity contribution < 1.29 is 19.0 Å². The van der Waals surface area contributed by atoms with E-state index in [9.17, 15) is 4.79 Å². The van der Waals surface area contributed by atoms with Gasteiger partial charge in [-0.2, -0.15) is 0 Å². The van der Waals surface area contributed by atoms with Crippen molar-refractivity contribution in [2.45, 2.75) is 58.7 Å². The summed E-state index contributed by atoms with van der Waals surface area (Å²) in [6, 6.07) is 5.19. The first-order chi connectivity index (χ1) is 11.9. The Bertz CT molecular complexity index is 552. The average molecular weight is 372 g/mol. The molecule has 0 aliphatic carbocycles. The van der Waals surface area contributed by atoms with Gasteiger partial charge in [0, 0.05) is 19.4 Å². The molecule has 1 aromatic carbocycles. The van der Waals surface area contributed by atoms with Crippen molar-refractivity contribution in [1.82, 2.24) is 0 Å². The molecule has 2 atom stereocenters. The van der Waals surface area contributed by atoms with E-state index >= 15 is 0 Å². The lowest BCUT2D eigenvalue weighted by atomic mass is 9.99.